The zero-order valence-electron chi connectivity index (χ0n) is 9.88. The van der Waals surface area contributed by atoms with Gasteiger partial charge >= 0.3 is 5.97 Å². The summed E-state index contributed by atoms with van der Waals surface area (Å²) in [5, 5.41) is 15.2. The van der Waals surface area contributed by atoms with Crippen LogP contribution < -0.4 is 4.74 Å². The molecule has 0 saturated carbocycles. The lowest BCUT2D eigenvalue weighted by molar-refractivity contribution is -0.133. The van der Waals surface area contributed by atoms with Crippen molar-refractivity contribution >= 4 is 17.7 Å². The normalized spacial score (nSPS) is 10.4. The molecule has 0 aliphatic rings. The van der Waals surface area contributed by atoms with Crippen molar-refractivity contribution in [3.63, 3.8) is 0 Å². The molecule has 0 amide bonds. The van der Waals surface area contributed by atoms with Crippen LogP contribution in [0.3, 0.4) is 0 Å². The van der Waals surface area contributed by atoms with Gasteiger partial charge in [0.2, 0.25) is 5.16 Å². The first-order valence-electron chi connectivity index (χ1n) is 5.21. The average Bonchev–Trinajstić information content (AvgIpc) is 2.84. The third-order valence-corrected chi connectivity index (χ3v) is 3.05. The van der Waals surface area contributed by atoms with Crippen LogP contribution in [0.25, 0.3) is 11.4 Å². The van der Waals surface area contributed by atoms with Gasteiger partial charge in [0.15, 0.2) is 5.82 Å². The van der Waals surface area contributed by atoms with Crippen molar-refractivity contribution < 1.29 is 19.0 Å². The van der Waals surface area contributed by atoms with Gasteiger partial charge in [-0.05, 0) is 12.1 Å². The van der Waals surface area contributed by atoms with E-state index in [1.807, 2.05) is 0 Å². The lowest BCUT2D eigenvalue weighted by Gasteiger charge is -2.05. The molecule has 0 atom stereocenters. The molecule has 100 valence electrons. The summed E-state index contributed by atoms with van der Waals surface area (Å²) in [7, 11) is 1.43. The summed E-state index contributed by atoms with van der Waals surface area (Å²) in [6.07, 6.45) is 0. The fourth-order valence-corrected chi connectivity index (χ4v) is 1.97. The molecule has 0 radical (unpaired) electrons. The number of hydrogen-bond donors (Lipinski definition) is 2. The molecule has 19 heavy (non-hydrogen) atoms. The predicted molar refractivity (Wildman–Crippen MR) is 66.7 cm³/mol. The largest absolute Gasteiger partial charge is 0.496 e. The highest BCUT2D eigenvalue weighted by molar-refractivity contribution is 7.99. The number of nitrogens with one attached hydrogen (secondary N) is 1. The maximum Gasteiger partial charge on any atom is 0.313 e. The van der Waals surface area contributed by atoms with Crippen molar-refractivity contribution in [3.05, 3.63) is 24.0 Å². The van der Waals surface area contributed by atoms with E-state index in [1.165, 1.54) is 19.2 Å². The third-order valence-electron chi connectivity index (χ3n) is 2.22. The van der Waals surface area contributed by atoms with E-state index >= 15 is 0 Å². The summed E-state index contributed by atoms with van der Waals surface area (Å²) in [6.45, 7) is 0. The first-order valence-corrected chi connectivity index (χ1v) is 6.20. The Hall–Kier alpha value is -2.09. The SMILES string of the molecule is COc1cccc(F)c1-c1nc(SCC(=O)O)n[nH]1. The maximum absolute atomic E-state index is 13.8. The monoisotopic (exact) mass is 283 g/mol. The van der Waals surface area contributed by atoms with Crippen LogP contribution in [0.2, 0.25) is 0 Å². The van der Waals surface area contributed by atoms with Crippen LogP contribution in [-0.4, -0.2) is 39.1 Å². The Balaban J connectivity index is 2.30. The molecule has 0 fully saturated rings. The van der Waals surface area contributed by atoms with Gasteiger partial charge in [0, 0.05) is 0 Å². The van der Waals surface area contributed by atoms with E-state index in [2.05, 4.69) is 15.2 Å². The quantitative estimate of drug-likeness (QED) is 0.813. The van der Waals surface area contributed by atoms with Crippen LogP contribution in [0.15, 0.2) is 23.4 Å². The number of thioether (sulfide) groups is 1. The number of aliphatic carboxylic acids is 1. The molecule has 0 bridgehead atoms. The minimum Gasteiger partial charge on any atom is -0.496 e. The minimum atomic E-state index is -0.972. The molecule has 8 heteroatoms. The molecule has 0 unspecified atom stereocenters. The van der Waals surface area contributed by atoms with Gasteiger partial charge in [-0.15, -0.1) is 5.10 Å². The molecule has 2 rings (SSSR count). The van der Waals surface area contributed by atoms with Gasteiger partial charge in [-0.3, -0.25) is 9.89 Å². The highest BCUT2D eigenvalue weighted by atomic mass is 32.2. The Morgan fingerprint density at radius 3 is 3.05 bits per heavy atom. The van der Waals surface area contributed by atoms with Crippen molar-refractivity contribution in [2.24, 2.45) is 0 Å². The number of nitrogens with zero attached hydrogens (tertiary/aromatic N) is 2. The maximum atomic E-state index is 13.8. The number of halogens is 1. The Morgan fingerprint density at radius 2 is 2.37 bits per heavy atom. The number of methoxy groups -OCH3 is 1. The molecular weight excluding hydrogens is 273 g/mol. The van der Waals surface area contributed by atoms with Crippen LogP contribution in [0.5, 0.6) is 5.75 Å². The smallest absolute Gasteiger partial charge is 0.313 e. The van der Waals surface area contributed by atoms with E-state index in [4.69, 9.17) is 9.84 Å². The number of carboxylic acids is 1. The molecule has 2 N–H and O–H groups in total. The highest BCUT2D eigenvalue weighted by Gasteiger charge is 2.16. The molecule has 0 aliphatic heterocycles. The van der Waals surface area contributed by atoms with Gasteiger partial charge in [-0.1, -0.05) is 17.8 Å². The van der Waals surface area contributed by atoms with Gasteiger partial charge in [0.1, 0.15) is 11.6 Å². The fourth-order valence-electron chi connectivity index (χ4n) is 1.45. The number of ether oxygens (including phenoxy) is 1. The van der Waals surface area contributed by atoms with E-state index in [0.29, 0.717) is 5.75 Å². The lowest BCUT2D eigenvalue weighted by atomic mass is 10.2. The second-order valence-electron chi connectivity index (χ2n) is 3.47. The van der Waals surface area contributed by atoms with E-state index in [-0.39, 0.29) is 22.3 Å². The van der Waals surface area contributed by atoms with E-state index in [9.17, 15) is 9.18 Å². The van der Waals surface area contributed by atoms with E-state index in [0.717, 1.165) is 11.8 Å². The zero-order valence-corrected chi connectivity index (χ0v) is 10.7. The molecule has 1 heterocycles. The minimum absolute atomic E-state index is 0.161. The van der Waals surface area contributed by atoms with Gasteiger partial charge in [-0.25, -0.2) is 9.37 Å². The van der Waals surface area contributed by atoms with Crippen molar-refractivity contribution in [2.75, 3.05) is 12.9 Å². The first kappa shape index (κ1) is 13.3. The van der Waals surface area contributed by atoms with Crippen LogP contribution in [-0.2, 0) is 4.79 Å². The predicted octanol–water partition coefficient (Wildman–Crippen LogP) is 1.80. The molecule has 0 saturated heterocycles. The molecule has 6 nitrogen and oxygen atoms in total. The van der Waals surface area contributed by atoms with E-state index < -0.39 is 11.8 Å². The fraction of sp³-hybridized carbons (Fsp3) is 0.182. The number of carbonyl (C=O) groups is 1. The van der Waals surface area contributed by atoms with Crippen molar-refractivity contribution in [1.29, 1.82) is 0 Å². The summed E-state index contributed by atoms with van der Waals surface area (Å²) in [6, 6.07) is 4.41. The second-order valence-corrected chi connectivity index (χ2v) is 4.41. The van der Waals surface area contributed by atoms with Crippen molar-refractivity contribution in [1.82, 2.24) is 15.2 Å². The van der Waals surface area contributed by atoms with Crippen LogP contribution in [0.1, 0.15) is 0 Å². The molecular formula is C11H10FN3O3S. The number of aromatic nitrogens is 3. The Morgan fingerprint density at radius 1 is 1.58 bits per heavy atom. The Kier molecular flexibility index (Phi) is 4.00. The topological polar surface area (TPSA) is 88.1 Å². The first-order chi connectivity index (χ1) is 9.11. The summed E-state index contributed by atoms with van der Waals surface area (Å²) < 4.78 is 18.8. The van der Waals surface area contributed by atoms with Gasteiger partial charge in [0.25, 0.3) is 0 Å². The summed E-state index contributed by atoms with van der Waals surface area (Å²) in [5.74, 6) is -1.11. The van der Waals surface area contributed by atoms with Gasteiger partial charge in [0.05, 0.1) is 18.4 Å². The summed E-state index contributed by atoms with van der Waals surface area (Å²) >= 11 is 0.947. The highest BCUT2D eigenvalue weighted by Crippen LogP contribution is 2.30. The van der Waals surface area contributed by atoms with Crippen LogP contribution in [0.4, 0.5) is 4.39 Å². The molecule has 2 aromatic rings. The summed E-state index contributed by atoms with van der Waals surface area (Å²) in [4.78, 5) is 14.5. The molecule has 1 aromatic heterocycles. The van der Waals surface area contributed by atoms with Crippen LogP contribution >= 0.6 is 11.8 Å². The number of H-pyrrole nitrogens is 1. The van der Waals surface area contributed by atoms with Crippen molar-refractivity contribution in [3.8, 4) is 17.1 Å². The number of rotatable bonds is 5. The third kappa shape index (κ3) is 3.02. The zero-order chi connectivity index (χ0) is 13.8. The Labute approximate surface area is 112 Å². The second kappa shape index (κ2) is 5.70. The molecule has 1 aromatic carbocycles. The number of aromatic amines is 1. The molecule has 0 spiro atoms. The number of benzene rings is 1. The van der Waals surface area contributed by atoms with E-state index in [1.54, 1.807) is 6.07 Å². The lowest BCUT2D eigenvalue weighted by Crippen LogP contribution is -1.97. The number of hydrogen-bond acceptors (Lipinski definition) is 5. The van der Waals surface area contributed by atoms with Gasteiger partial charge in [-0.2, -0.15) is 0 Å². The van der Waals surface area contributed by atoms with Crippen molar-refractivity contribution in [2.45, 2.75) is 5.16 Å². The van der Waals surface area contributed by atoms with Gasteiger partial charge < -0.3 is 9.84 Å². The number of carboxylic acid groups (broad SMARTS) is 1. The Bertz CT molecular complexity index is 603. The van der Waals surface area contributed by atoms with Crippen LogP contribution in [0, 0.1) is 5.82 Å². The molecule has 0 aliphatic carbocycles. The standard InChI is InChI=1S/C11H10FN3O3S/c1-18-7-4-2-3-6(12)9(7)10-13-11(15-14-10)19-5-8(16)17/h2-4H,5H2,1H3,(H,16,17)(H,13,14,15). The summed E-state index contributed by atoms with van der Waals surface area (Å²) in [5.41, 5.74) is 0.166. The average molecular weight is 283 g/mol.